The molecule has 0 heterocycles. The Hall–Kier alpha value is -0.300. The number of rotatable bonds is 19. The molecule has 0 spiro atoms. The first-order valence-electron chi connectivity index (χ1n) is 11.1. The van der Waals surface area contributed by atoms with E-state index in [0.29, 0.717) is 0 Å². The quantitative estimate of drug-likeness (QED) is 0.188. The van der Waals surface area contributed by atoms with E-state index in [1.807, 2.05) is 7.05 Å². The van der Waals surface area contributed by atoms with Gasteiger partial charge in [-0.05, 0) is 51.6 Å². The van der Waals surface area contributed by atoms with Gasteiger partial charge in [0.15, 0.2) is 0 Å². The van der Waals surface area contributed by atoms with Crippen LogP contribution in [0.5, 0.6) is 0 Å². The van der Waals surface area contributed by atoms with Crippen molar-refractivity contribution in [2.24, 2.45) is 5.92 Å². The number of allylic oxidation sites excluding steroid dienone is 2. The summed E-state index contributed by atoms with van der Waals surface area (Å²) in [4.78, 5) is 0. The normalized spacial score (nSPS) is 11.8. The van der Waals surface area contributed by atoms with Crippen LogP contribution in [0.25, 0.3) is 0 Å². The van der Waals surface area contributed by atoms with Gasteiger partial charge in [-0.15, -0.1) is 0 Å². The second kappa shape index (κ2) is 20.7. The molecule has 0 aliphatic carbocycles. The molecule has 1 heteroatoms. The Kier molecular flexibility index (Phi) is 20.5. The zero-order chi connectivity index (χ0) is 17.7. The van der Waals surface area contributed by atoms with Crippen molar-refractivity contribution in [3.05, 3.63) is 12.2 Å². The van der Waals surface area contributed by atoms with Gasteiger partial charge in [0.25, 0.3) is 0 Å². The first kappa shape index (κ1) is 23.7. The highest BCUT2D eigenvalue weighted by Gasteiger charge is 2.01. The molecule has 0 saturated carbocycles. The standard InChI is InChI=1S/C23H47N/c1-4-23(5-2)21-19-17-15-13-11-9-7-6-8-10-12-14-16-18-20-22-24-3/h6-7,23-24H,4-5,8-22H2,1-3H3/b7-6-. The van der Waals surface area contributed by atoms with Gasteiger partial charge in [0.05, 0.1) is 0 Å². The molecule has 0 amide bonds. The zero-order valence-electron chi connectivity index (χ0n) is 17.3. The molecule has 0 rings (SSSR count). The van der Waals surface area contributed by atoms with Crippen LogP contribution in [0.4, 0.5) is 0 Å². The Morgan fingerprint density at radius 3 is 1.58 bits per heavy atom. The van der Waals surface area contributed by atoms with Gasteiger partial charge in [-0.3, -0.25) is 0 Å². The van der Waals surface area contributed by atoms with Crippen molar-refractivity contribution < 1.29 is 0 Å². The number of hydrogen-bond donors (Lipinski definition) is 1. The fourth-order valence-corrected chi connectivity index (χ4v) is 3.43. The number of nitrogens with one attached hydrogen (secondary N) is 1. The minimum atomic E-state index is 0.987. The summed E-state index contributed by atoms with van der Waals surface area (Å²) in [6.07, 6.45) is 27.2. The van der Waals surface area contributed by atoms with Crippen molar-refractivity contribution in [1.29, 1.82) is 0 Å². The summed E-state index contributed by atoms with van der Waals surface area (Å²) >= 11 is 0. The van der Waals surface area contributed by atoms with Crippen LogP contribution in [0.3, 0.4) is 0 Å². The molecule has 0 saturated heterocycles. The predicted octanol–water partition coefficient (Wildman–Crippen LogP) is 7.66. The molecular weight excluding hydrogens is 290 g/mol. The van der Waals surface area contributed by atoms with E-state index in [1.165, 1.54) is 109 Å². The molecule has 0 aromatic heterocycles. The highest BCUT2D eigenvalue weighted by Crippen LogP contribution is 2.17. The van der Waals surface area contributed by atoms with E-state index in [4.69, 9.17) is 0 Å². The lowest BCUT2D eigenvalue weighted by Crippen LogP contribution is -2.06. The maximum absolute atomic E-state index is 3.22. The molecule has 0 aliphatic rings. The average molecular weight is 338 g/mol. The molecule has 24 heavy (non-hydrogen) atoms. The van der Waals surface area contributed by atoms with Gasteiger partial charge >= 0.3 is 0 Å². The summed E-state index contributed by atoms with van der Waals surface area (Å²) in [5.74, 6) is 0.987. The first-order valence-corrected chi connectivity index (χ1v) is 11.1. The van der Waals surface area contributed by atoms with Crippen LogP contribution >= 0.6 is 0 Å². The van der Waals surface area contributed by atoms with E-state index in [-0.39, 0.29) is 0 Å². The molecule has 144 valence electrons. The van der Waals surface area contributed by atoms with E-state index in [2.05, 4.69) is 31.3 Å². The zero-order valence-corrected chi connectivity index (χ0v) is 17.3. The predicted molar refractivity (Wildman–Crippen MR) is 112 cm³/mol. The van der Waals surface area contributed by atoms with Gasteiger partial charge in [0.1, 0.15) is 0 Å². The average Bonchev–Trinajstić information content (AvgIpc) is 2.61. The maximum atomic E-state index is 3.22. The Labute approximate surface area is 154 Å². The lowest BCUT2D eigenvalue weighted by atomic mass is 9.96. The topological polar surface area (TPSA) is 12.0 Å². The molecule has 0 aromatic rings. The van der Waals surface area contributed by atoms with Crippen LogP contribution in [-0.4, -0.2) is 13.6 Å². The first-order chi connectivity index (χ1) is 11.8. The van der Waals surface area contributed by atoms with Crippen molar-refractivity contribution in [1.82, 2.24) is 5.32 Å². The van der Waals surface area contributed by atoms with Crippen LogP contribution in [0.15, 0.2) is 12.2 Å². The third kappa shape index (κ3) is 18.0. The van der Waals surface area contributed by atoms with Gasteiger partial charge in [0.2, 0.25) is 0 Å². The Balaban J connectivity index is 3.14. The van der Waals surface area contributed by atoms with Crippen molar-refractivity contribution in [3.63, 3.8) is 0 Å². The molecule has 0 atom stereocenters. The second-order valence-corrected chi connectivity index (χ2v) is 7.51. The van der Waals surface area contributed by atoms with Crippen LogP contribution in [0, 0.1) is 5.92 Å². The highest BCUT2D eigenvalue weighted by molar-refractivity contribution is 4.81. The summed E-state index contributed by atoms with van der Waals surface area (Å²) < 4.78 is 0. The monoisotopic (exact) mass is 337 g/mol. The largest absolute Gasteiger partial charge is 0.320 e. The summed E-state index contributed by atoms with van der Waals surface area (Å²) in [7, 11) is 2.04. The molecule has 0 bridgehead atoms. The van der Waals surface area contributed by atoms with Gasteiger partial charge in [0, 0.05) is 0 Å². The Morgan fingerprint density at radius 2 is 1.08 bits per heavy atom. The van der Waals surface area contributed by atoms with Gasteiger partial charge < -0.3 is 5.32 Å². The fourth-order valence-electron chi connectivity index (χ4n) is 3.43. The highest BCUT2D eigenvalue weighted by atomic mass is 14.8. The summed E-state index contributed by atoms with van der Waals surface area (Å²) in [5, 5.41) is 3.22. The van der Waals surface area contributed by atoms with Crippen molar-refractivity contribution in [3.8, 4) is 0 Å². The minimum absolute atomic E-state index is 0.987. The molecule has 1 N–H and O–H groups in total. The lowest BCUT2D eigenvalue weighted by Gasteiger charge is -2.11. The maximum Gasteiger partial charge on any atom is -0.00519 e. The number of unbranched alkanes of at least 4 members (excludes halogenated alkanes) is 11. The number of hydrogen-bond acceptors (Lipinski definition) is 1. The third-order valence-corrected chi connectivity index (χ3v) is 5.35. The Morgan fingerprint density at radius 1 is 0.625 bits per heavy atom. The Bertz CT molecular complexity index is 242. The van der Waals surface area contributed by atoms with Crippen LogP contribution in [0.1, 0.15) is 117 Å². The molecule has 0 aliphatic heterocycles. The summed E-state index contributed by atoms with van der Waals surface area (Å²) in [5.41, 5.74) is 0. The summed E-state index contributed by atoms with van der Waals surface area (Å²) in [6.45, 7) is 5.86. The van der Waals surface area contributed by atoms with Crippen LogP contribution in [0.2, 0.25) is 0 Å². The lowest BCUT2D eigenvalue weighted by molar-refractivity contribution is 0.427. The van der Waals surface area contributed by atoms with Crippen molar-refractivity contribution in [2.45, 2.75) is 117 Å². The van der Waals surface area contributed by atoms with E-state index >= 15 is 0 Å². The van der Waals surface area contributed by atoms with E-state index in [1.54, 1.807) is 0 Å². The molecule has 0 unspecified atom stereocenters. The SMILES string of the molecule is CCC(CC)CCCCCCC/C=C\CCCCCCCCNC. The van der Waals surface area contributed by atoms with Crippen LogP contribution in [-0.2, 0) is 0 Å². The second-order valence-electron chi connectivity index (χ2n) is 7.51. The van der Waals surface area contributed by atoms with Gasteiger partial charge in [-0.25, -0.2) is 0 Å². The smallest absolute Gasteiger partial charge is 0.00519 e. The third-order valence-electron chi connectivity index (χ3n) is 5.35. The summed E-state index contributed by atoms with van der Waals surface area (Å²) in [6, 6.07) is 0. The minimum Gasteiger partial charge on any atom is -0.320 e. The molecule has 0 radical (unpaired) electrons. The van der Waals surface area contributed by atoms with E-state index in [9.17, 15) is 0 Å². The van der Waals surface area contributed by atoms with Crippen molar-refractivity contribution in [2.75, 3.05) is 13.6 Å². The van der Waals surface area contributed by atoms with Crippen molar-refractivity contribution >= 4 is 0 Å². The van der Waals surface area contributed by atoms with Gasteiger partial charge in [-0.1, -0.05) is 96.6 Å². The molecule has 1 nitrogen and oxygen atoms in total. The van der Waals surface area contributed by atoms with E-state index in [0.717, 1.165) is 5.92 Å². The fraction of sp³-hybridized carbons (Fsp3) is 0.913. The molecule has 0 aromatic carbocycles. The van der Waals surface area contributed by atoms with E-state index < -0.39 is 0 Å². The van der Waals surface area contributed by atoms with Crippen LogP contribution < -0.4 is 5.32 Å². The molecule has 0 fully saturated rings. The van der Waals surface area contributed by atoms with Gasteiger partial charge in [-0.2, -0.15) is 0 Å². The molecular formula is C23H47N.